The van der Waals surface area contributed by atoms with E-state index in [-0.39, 0.29) is 17.2 Å². The van der Waals surface area contributed by atoms with Crippen LogP contribution in [0.15, 0.2) is 54.7 Å². The molecule has 0 spiro atoms. The van der Waals surface area contributed by atoms with Crippen molar-refractivity contribution in [1.29, 1.82) is 0 Å². The maximum atomic E-state index is 13.6. The van der Waals surface area contributed by atoms with Crippen molar-refractivity contribution in [2.75, 3.05) is 10.6 Å². The molecule has 3 aromatic rings. The number of alkyl halides is 6. The van der Waals surface area contributed by atoms with Gasteiger partial charge in [0.2, 0.25) is 0 Å². The number of halogens is 7. The Morgan fingerprint density at radius 3 is 2.14 bits per heavy atom. The second-order valence-corrected chi connectivity index (χ2v) is 7.17. The standard InChI is InChI=1S/C21H12ClF6N3O4/c22-15-3-1-10(7-13(15)20(23,24)25)30-19(34)31-16-4-2-11(8-14(16)21(26,27)28)35-12-5-6-29-17(9-12)18(32)33/h1-9H,(H,32,33)(H2,30,31,34). The minimum absolute atomic E-state index is 0.104. The predicted octanol–water partition coefficient (Wildman–Crippen LogP) is 6.91. The molecular formula is C21H12ClF6N3O4. The summed E-state index contributed by atoms with van der Waals surface area (Å²) in [5.41, 5.74) is -4.04. The second-order valence-electron chi connectivity index (χ2n) is 6.76. The van der Waals surface area contributed by atoms with Crippen molar-refractivity contribution in [3.05, 3.63) is 76.6 Å². The topological polar surface area (TPSA) is 101 Å². The third-order valence-electron chi connectivity index (χ3n) is 4.26. The lowest BCUT2D eigenvalue weighted by Gasteiger charge is -2.16. The number of aromatic nitrogens is 1. The molecule has 1 heterocycles. The van der Waals surface area contributed by atoms with E-state index in [0.29, 0.717) is 12.1 Å². The summed E-state index contributed by atoms with van der Waals surface area (Å²) in [7, 11) is 0. The molecule has 0 atom stereocenters. The Balaban J connectivity index is 1.83. The number of hydrogen-bond donors (Lipinski definition) is 3. The molecule has 0 unspecified atom stereocenters. The molecule has 2 amide bonds. The van der Waals surface area contributed by atoms with Gasteiger partial charge in [-0.05, 0) is 42.5 Å². The van der Waals surface area contributed by atoms with Crippen molar-refractivity contribution >= 4 is 35.0 Å². The van der Waals surface area contributed by atoms with Crippen LogP contribution in [0.5, 0.6) is 11.5 Å². The third kappa shape index (κ3) is 6.53. The zero-order valence-corrected chi connectivity index (χ0v) is 17.7. The van der Waals surface area contributed by atoms with Crippen LogP contribution in [0, 0.1) is 0 Å². The molecule has 35 heavy (non-hydrogen) atoms. The summed E-state index contributed by atoms with van der Waals surface area (Å²) in [6.07, 6.45) is -8.69. The number of amides is 2. The highest BCUT2D eigenvalue weighted by Gasteiger charge is 2.35. The van der Waals surface area contributed by atoms with E-state index in [1.807, 2.05) is 10.6 Å². The van der Waals surface area contributed by atoms with Gasteiger partial charge in [0.05, 0.1) is 21.8 Å². The first-order valence-corrected chi connectivity index (χ1v) is 9.65. The number of anilines is 2. The number of ether oxygens (including phenoxy) is 1. The summed E-state index contributed by atoms with van der Waals surface area (Å²) < 4.78 is 84.9. The zero-order chi connectivity index (χ0) is 26.0. The van der Waals surface area contributed by atoms with Crippen molar-refractivity contribution in [3.63, 3.8) is 0 Å². The molecule has 0 saturated heterocycles. The average molecular weight is 520 g/mol. The monoisotopic (exact) mass is 519 g/mol. The van der Waals surface area contributed by atoms with Gasteiger partial charge in [-0.25, -0.2) is 14.6 Å². The maximum absolute atomic E-state index is 13.6. The number of carbonyl (C=O) groups is 2. The first-order chi connectivity index (χ1) is 16.2. The van der Waals surface area contributed by atoms with Crippen LogP contribution in [0.2, 0.25) is 5.02 Å². The molecule has 1 aromatic heterocycles. The Morgan fingerprint density at radius 2 is 1.51 bits per heavy atom. The van der Waals surface area contributed by atoms with Crippen LogP contribution in [0.4, 0.5) is 42.5 Å². The number of hydrogen-bond acceptors (Lipinski definition) is 4. The fraction of sp³-hybridized carbons (Fsp3) is 0.0952. The highest BCUT2D eigenvalue weighted by atomic mass is 35.5. The summed E-state index contributed by atoms with van der Waals surface area (Å²) in [6, 6.07) is 5.90. The molecule has 184 valence electrons. The van der Waals surface area contributed by atoms with Crippen molar-refractivity contribution in [3.8, 4) is 11.5 Å². The Bertz CT molecular complexity index is 1280. The van der Waals surface area contributed by atoms with E-state index in [9.17, 15) is 35.9 Å². The fourth-order valence-electron chi connectivity index (χ4n) is 2.76. The Hall–Kier alpha value is -4.00. The first-order valence-electron chi connectivity index (χ1n) is 9.27. The quantitative estimate of drug-likeness (QED) is 0.318. The molecule has 3 rings (SSSR count). The molecule has 3 N–H and O–H groups in total. The highest BCUT2D eigenvalue weighted by molar-refractivity contribution is 6.31. The number of nitrogens with one attached hydrogen (secondary N) is 2. The number of nitrogens with zero attached hydrogens (tertiary/aromatic N) is 1. The van der Waals surface area contributed by atoms with Crippen molar-refractivity contribution in [2.24, 2.45) is 0 Å². The fourth-order valence-corrected chi connectivity index (χ4v) is 2.99. The van der Waals surface area contributed by atoms with E-state index in [1.54, 1.807) is 0 Å². The van der Waals surface area contributed by atoms with Crippen molar-refractivity contribution < 1.29 is 45.8 Å². The zero-order valence-electron chi connectivity index (χ0n) is 17.0. The number of pyridine rings is 1. The van der Waals surface area contributed by atoms with Crippen LogP contribution in [0.25, 0.3) is 0 Å². The smallest absolute Gasteiger partial charge is 0.418 e. The van der Waals surface area contributed by atoms with Gasteiger partial charge in [-0.1, -0.05) is 11.6 Å². The van der Waals surface area contributed by atoms with Crippen LogP contribution in [-0.4, -0.2) is 22.1 Å². The summed E-state index contributed by atoms with van der Waals surface area (Å²) in [4.78, 5) is 26.7. The SMILES string of the molecule is O=C(Nc1ccc(Cl)c(C(F)(F)F)c1)Nc1ccc(Oc2ccnc(C(=O)O)c2)cc1C(F)(F)F. The third-order valence-corrected chi connectivity index (χ3v) is 4.59. The molecule has 2 aromatic carbocycles. The van der Waals surface area contributed by atoms with Crippen LogP contribution in [0.1, 0.15) is 21.6 Å². The lowest BCUT2D eigenvalue weighted by Crippen LogP contribution is -2.22. The van der Waals surface area contributed by atoms with Gasteiger partial charge in [0.1, 0.15) is 11.5 Å². The second kappa shape index (κ2) is 9.70. The summed E-state index contributed by atoms with van der Waals surface area (Å²) >= 11 is 5.50. The van der Waals surface area contributed by atoms with Crippen LogP contribution < -0.4 is 15.4 Å². The Morgan fingerprint density at radius 1 is 0.857 bits per heavy atom. The van der Waals surface area contributed by atoms with Gasteiger partial charge in [0, 0.05) is 18.0 Å². The molecule has 0 saturated carbocycles. The largest absolute Gasteiger partial charge is 0.477 e. The van der Waals surface area contributed by atoms with E-state index in [2.05, 4.69) is 4.98 Å². The molecule has 0 aliphatic heterocycles. The summed E-state index contributed by atoms with van der Waals surface area (Å²) in [5, 5.41) is 12.3. The van der Waals surface area contributed by atoms with Gasteiger partial charge >= 0.3 is 24.4 Å². The normalized spacial score (nSPS) is 11.6. The molecule has 7 nitrogen and oxygen atoms in total. The number of aromatic carboxylic acids is 1. The predicted molar refractivity (Wildman–Crippen MR) is 112 cm³/mol. The van der Waals surface area contributed by atoms with Crippen LogP contribution in [0.3, 0.4) is 0 Å². The number of benzene rings is 2. The van der Waals surface area contributed by atoms with Gasteiger partial charge in [-0.2, -0.15) is 26.3 Å². The van der Waals surface area contributed by atoms with Crippen molar-refractivity contribution in [2.45, 2.75) is 12.4 Å². The number of carboxylic acid groups (broad SMARTS) is 1. The molecule has 0 radical (unpaired) electrons. The Labute approximate surface area is 197 Å². The van der Waals surface area contributed by atoms with Gasteiger partial charge in [-0.3, -0.25) is 0 Å². The molecule has 0 bridgehead atoms. The van der Waals surface area contributed by atoms with Crippen LogP contribution >= 0.6 is 11.6 Å². The highest BCUT2D eigenvalue weighted by Crippen LogP contribution is 2.39. The summed E-state index contributed by atoms with van der Waals surface area (Å²) in [5.74, 6) is -1.81. The molecular weight excluding hydrogens is 508 g/mol. The number of rotatable bonds is 5. The van der Waals surface area contributed by atoms with E-state index in [1.165, 1.54) is 6.07 Å². The summed E-state index contributed by atoms with van der Waals surface area (Å²) in [6.45, 7) is 0. The minimum Gasteiger partial charge on any atom is -0.477 e. The molecule has 14 heteroatoms. The number of urea groups is 1. The minimum atomic E-state index is -4.96. The average Bonchev–Trinajstić information content (AvgIpc) is 2.75. The van der Waals surface area contributed by atoms with Gasteiger partial charge in [-0.15, -0.1) is 0 Å². The van der Waals surface area contributed by atoms with Gasteiger partial charge < -0.3 is 20.5 Å². The van der Waals surface area contributed by atoms with Gasteiger partial charge in [0.15, 0.2) is 5.69 Å². The van der Waals surface area contributed by atoms with Crippen molar-refractivity contribution in [1.82, 2.24) is 4.98 Å². The van der Waals surface area contributed by atoms with Gasteiger partial charge in [0.25, 0.3) is 0 Å². The molecule has 0 fully saturated rings. The lowest BCUT2D eigenvalue weighted by atomic mass is 10.1. The van der Waals surface area contributed by atoms with Crippen LogP contribution in [-0.2, 0) is 12.4 Å². The lowest BCUT2D eigenvalue weighted by molar-refractivity contribution is -0.138. The number of carboxylic acids is 1. The molecule has 0 aliphatic rings. The van der Waals surface area contributed by atoms with E-state index in [4.69, 9.17) is 21.4 Å². The van der Waals surface area contributed by atoms with E-state index >= 15 is 0 Å². The van der Waals surface area contributed by atoms with E-state index < -0.39 is 51.9 Å². The maximum Gasteiger partial charge on any atom is 0.418 e. The molecule has 0 aliphatic carbocycles. The van der Waals surface area contributed by atoms with E-state index in [0.717, 1.165) is 36.5 Å². The first kappa shape index (κ1) is 25.6. The Kier molecular flexibility index (Phi) is 7.10. The number of carbonyl (C=O) groups excluding carboxylic acids is 1.